The molecule has 3 N–H and O–H groups in total. The average molecular weight is 275 g/mol. The van der Waals surface area contributed by atoms with Crippen molar-refractivity contribution in [3.63, 3.8) is 0 Å². The van der Waals surface area contributed by atoms with Crippen LogP contribution < -0.4 is 11.1 Å². The second kappa shape index (κ2) is 5.83. The van der Waals surface area contributed by atoms with Crippen LogP contribution >= 0.6 is 0 Å². The first kappa shape index (κ1) is 14.9. The van der Waals surface area contributed by atoms with Crippen LogP contribution in [0.2, 0.25) is 0 Å². The minimum Gasteiger partial charge on any atom is -0.397 e. The largest absolute Gasteiger partial charge is 0.397 e. The van der Waals surface area contributed by atoms with Gasteiger partial charge in [-0.05, 0) is 50.4 Å². The molecule has 1 unspecified atom stereocenters. The molecule has 1 aromatic rings. The molecule has 0 radical (unpaired) electrons. The van der Waals surface area contributed by atoms with Gasteiger partial charge in [-0.15, -0.1) is 0 Å². The molecule has 20 heavy (non-hydrogen) atoms. The highest BCUT2D eigenvalue weighted by Gasteiger charge is 2.30. The summed E-state index contributed by atoms with van der Waals surface area (Å²) in [7, 11) is 0. The molecule has 1 aromatic carbocycles. The first-order valence-corrected chi connectivity index (χ1v) is 7.28. The van der Waals surface area contributed by atoms with Crippen LogP contribution in [0.25, 0.3) is 0 Å². The third-order valence-corrected chi connectivity index (χ3v) is 4.30. The molecule has 0 aliphatic carbocycles. The molecular formula is C16H25N3O. The molecule has 1 fully saturated rings. The van der Waals surface area contributed by atoms with Crippen LogP contribution in [0.3, 0.4) is 0 Å². The van der Waals surface area contributed by atoms with Crippen LogP contribution in [0.5, 0.6) is 0 Å². The number of carbonyl (C=O) groups is 1. The van der Waals surface area contributed by atoms with Gasteiger partial charge >= 0.3 is 0 Å². The van der Waals surface area contributed by atoms with Crippen LogP contribution in [-0.2, 0) is 4.79 Å². The van der Waals surface area contributed by atoms with Gasteiger partial charge in [0, 0.05) is 0 Å². The van der Waals surface area contributed by atoms with Crippen molar-refractivity contribution in [3.8, 4) is 0 Å². The molecule has 0 aromatic heterocycles. The molecule has 0 bridgehead atoms. The summed E-state index contributed by atoms with van der Waals surface area (Å²) in [5.74, 6) is 0.0163. The number of piperidine rings is 1. The van der Waals surface area contributed by atoms with Gasteiger partial charge in [0.15, 0.2) is 0 Å². The summed E-state index contributed by atoms with van der Waals surface area (Å²) in [6, 6.07) is 7.25. The van der Waals surface area contributed by atoms with Crippen LogP contribution in [0, 0.1) is 5.41 Å². The Bertz CT molecular complexity index is 474. The number of benzene rings is 1. The lowest BCUT2D eigenvalue weighted by Gasteiger charge is -2.39. The lowest BCUT2D eigenvalue weighted by molar-refractivity contribution is -0.121. The van der Waals surface area contributed by atoms with Gasteiger partial charge < -0.3 is 11.1 Å². The summed E-state index contributed by atoms with van der Waals surface area (Å²) < 4.78 is 0. The van der Waals surface area contributed by atoms with Gasteiger partial charge in [0.25, 0.3) is 0 Å². The molecule has 1 saturated heterocycles. The number of hydrogen-bond acceptors (Lipinski definition) is 3. The van der Waals surface area contributed by atoms with Crippen molar-refractivity contribution in [1.29, 1.82) is 0 Å². The number of rotatable bonds is 3. The van der Waals surface area contributed by atoms with E-state index in [4.69, 9.17) is 5.73 Å². The van der Waals surface area contributed by atoms with Crippen molar-refractivity contribution < 1.29 is 4.79 Å². The third kappa shape index (κ3) is 3.51. The van der Waals surface area contributed by atoms with Crippen LogP contribution in [0.1, 0.15) is 33.6 Å². The fraction of sp³-hybridized carbons (Fsp3) is 0.562. The van der Waals surface area contributed by atoms with Gasteiger partial charge in [-0.3, -0.25) is 9.69 Å². The maximum absolute atomic E-state index is 12.3. The zero-order chi connectivity index (χ0) is 14.8. The number of amides is 1. The molecule has 4 heteroatoms. The Balaban J connectivity index is 1.94. The maximum Gasteiger partial charge on any atom is 0.241 e. The zero-order valence-electron chi connectivity index (χ0n) is 12.6. The fourth-order valence-electron chi connectivity index (χ4n) is 2.53. The van der Waals surface area contributed by atoms with Gasteiger partial charge in [0.1, 0.15) is 0 Å². The Morgan fingerprint density at radius 1 is 1.30 bits per heavy atom. The summed E-state index contributed by atoms with van der Waals surface area (Å²) in [4.78, 5) is 14.6. The SMILES string of the molecule is CC(C(=O)Nc1ccccc1N)N1CCC(C)(C)CC1. The van der Waals surface area contributed by atoms with Gasteiger partial charge in [0.2, 0.25) is 5.91 Å². The molecule has 1 aliphatic heterocycles. The number of para-hydroxylation sites is 2. The highest BCUT2D eigenvalue weighted by atomic mass is 16.2. The van der Waals surface area contributed by atoms with Crippen LogP contribution in [-0.4, -0.2) is 29.9 Å². The van der Waals surface area contributed by atoms with E-state index in [9.17, 15) is 4.79 Å². The van der Waals surface area contributed by atoms with Crippen molar-refractivity contribution >= 4 is 17.3 Å². The van der Waals surface area contributed by atoms with Gasteiger partial charge in [-0.25, -0.2) is 0 Å². The molecule has 110 valence electrons. The molecule has 1 amide bonds. The molecule has 4 nitrogen and oxygen atoms in total. The topological polar surface area (TPSA) is 58.4 Å². The Morgan fingerprint density at radius 2 is 1.90 bits per heavy atom. The van der Waals surface area contributed by atoms with Crippen molar-refractivity contribution in [3.05, 3.63) is 24.3 Å². The molecule has 2 rings (SSSR count). The predicted octanol–water partition coefficient (Wildman–Crippen LogP) is 2.72. The zero-order valence-corrected chi connectivity index (χ0v) is 12.6. The highest BCUT2D eigenvalue weighted by molar-refractivity contribution is 5.97. The number of nitrogens with one attached hydrogen (secondary N) is 1. The first-order valence-electron chi connectivity index (χ1n) is 7.28. The highest BCUT2D eigenvalue weighted by Crippen LogP contribution is 2.30. The predicted molar refractivity (Wildman–Crippen MR) is 83.5 cm³/mol. The van der Waals surface area contributed by atoms with Gasteiger partial charge in [0.05, 0.1) is 17.4 Å². The van der Waals surface area contributed by atoms with E-state index in [1.165, 1.54) is 0 Å². The first-order chi connectivity index (χ1) is 9.39. The van der Waals surface area contributed by atoms with Crippen molar-refractivity contribution in [2.75, 3.05) is 24.1 Å². The van der Waals surface area contributed by atoms with E-state index in [2.05, 4.69) is 24.1 Å². The number of hydrogen-bond donors (Lipinski definition) is 2. The molecule has 0 saturated carbocycles. The Labute approximate surface area is 121 Å². The molecule has 1 atom stereocenters. The van der Waals surface area contributed by atoms with Gasteiger partial charge in [-0.1, -0.05) is 26.0 Å². The monoisotopic (exact) mass is 275 g/mol. The summed E-state index contributed by atoms with van der Waals surface area (Å²) in [5, 5.41) is 2.92. The van der Waals surface area contributed by atoms with E-state index >= 15 is 0 Å². The van der Waals surface area contributed by atoms with E-state index < -0.39 is 0 Å². The van der Waals surface area contributed by atoms with Crippen molar-refractivity contribution in [1.82, 2.24) is 4.90 Å². The second-order valence-electron chi connectivity index (χ2n) is 6.45. The normalized spacial score (nSPS) is 20.4. The Kier molecular flexibility index (Phi) is 4.33. The van der Waals surface area contributed by atoms with E-state index in [0.717, 1.165) is 25.9 Å². The van der Waals surface area contributed by atoms with Crippen LogP contribution in [0.15, 0.2) is 24.3 Å². The number of likely N-dealkylation sites (tertiary alicyclic amines) is 1. The number of anilines is 2. The number of nitrogens with zero attached hydrogens (tertiary/aromatic N) is 1. The van der Waals surface area contributed by atoms with E-state index in [0.29, 0.717) is 16.8 Å². The fourth-order valence-corrected chi connectivity index (χ4v) is 2.53. The lowest BCUT2D eigenvalue weighted by Crippen LogP contribution is -2.47. The maximum atomic E-state index is 12.3. The molecule has 1 aliphatic rings. The Morgan fingerprint density at radius 3 is 2.50 bits per heavy atom. The van der Waals surface area contributed by atoms with E-state index in [1.807, 2.05) is 25.1 Å². The lowest BCUT2D eigenvalue weighted by atomic mass is 9.82. The minimum atomic E-state index is -0.120. The van der Waals surface area contributed by atoms with Crippen molar-refractivity contribution in [2.45, 2.75) is 39.7 Å². The minimum absolute atomic E-state index is 0.0163. The molecule has 1 heterocycles. The third-order valence-electron chi connectivity index (χ3n) is 4.30. The quantitative estimate of drug-likeness (QED) is 0.834. The molecule has 0 spiro atoms. The number of nitrogens with two attached hydrogens (primary N) is 1. The van der Waals surface area contributed by atoms with Gasteiger partial charge in [-0.2, -0.15) is 0 Å². The summed E-state index contributed by atoms with van der Waals surface area (Å²) >= 11 is 0. The summed E-state index contributed by atoms with van der Waals surface area (Å²) in [5.41, 5.74) is 7.55. The van der Waals surface area contributed by atoms with Crippen LogP contribution in [0.4, 0.5) is 11.4 Å². The summed E-state index contributed by atoms with van der Waals surface area (Å²) in [6.07, 6.45) is 2.27. The molecular weight excluding hydrogens is 250 g/mol. The van der Waals surface area contributed by atoms with E-state index in [1.54, 1.807) is 6.07 Å². The number of carbonyl (C=O) groups excluding carboxylic acids is 1. The number of nitrogen functional groups attached to an aromatic ring is 1. The smallest absolute Gasteiger partial charge is 0.241 e. The van der Waals surface area contributed by atoms with E-state index in [-0.39, 0.29) is 11.9 Å². The Hall–Kier alpha value is -1.55. The second-order valence-corrected chi connectivity index (χ2v) is 6.45. The van der Waals surface area contributed by atoms with Crippen molar-refractivity contribution in [2.24, 2.45) is 5.41 Å². The average Bonchev–Trinajstić information content (AvgIpc) is 2.40. The summed E-state index contributed by atoms with van der Waals surface area (Å²) in [6.45, 7) is 8.50. The standard InChI is InChI=1S/C16H25N3O/c1-12(19-10-8-16(2,3)9-11-19)15(20)18-14-7-5-4-6-13(14)17/h4-7,12H,8-11,17H2,1-3H3,(H,18,20).